The number of para-hydroxylation sites is 1. The average molecular weight is 253 g/mol. The van der Waals surface area contributed by atoms with Crippen LogP contribution in [0.1, 0.15) is 32.3 Å². The van der Waals surface area contributed by atoms with Gasteiger partial charge in [-0.05, 0) is 36.6 Å². The highest BCUT2D eigenvalue weighted by Crippen LogP contribution is 2.17. The molecule has 1 aromatic carbocycles. The Morgan fingerprint density at radius 1 is 1.16 bits per heavy atom. The number of hydrogen-bond donors (Lipinski definition) is 0. The van der Waals surface area contributed by atoms with Crippen LogP contribution in [0.5, 0.6) is 0 Å². The lowest BCUT2D eigenvalue weighted by atomic mass is 10.0. The Kier molecular flexibility index (Phi) is 4.45. The lowest BCUT2D eigenvalue weighted by Gasteiger charge is -2.04. The second-order valence-electron chi connectivity index (χ2n) is 4.64. The summed E-state index contributed by atoms with van der Waals surface area (Å²) in [6, 6.07) is 9.88. The van der Waals surface area contributed by atoms with E-state index in [4.69, 9.17) is 0 Å². The number of benzene rings is 1. The zero-order chi connectivity index (χ0) is 13.7. The second kappa shape index (κ2) is 6.28. The van der Waals surface area contributed by atoms with Crippen LogP contribution in [-0.2, 0) is 11.2 Å². The molecule has 0 saturated heterocycles. The number of rotatable bonds is 5. The minimum atomic E-state index is 0.176. The maximum absolute atomic E-state index is 12.1. The van der Waals surface area contributed by atoms with Crippen LogP contribution in [0.15, 0.2) is 48.2 Å². The molecule has 2 aromatic rings. The van der Waals surface area contributed by atoms with Crippen molar-refractivity contribution < 1.29 is 4.79 Å². The van der Waals surface area contributed by atoms with Gasteiger partial charge in [0.2, 0.25) is 0 Å². The predicted octanol–water partition coefficient (Wildman–Crippen LogP) is 4.09. The lowest BCUT2D eigenvalue weighted by molar-refractivity contribution is -0.114. The summed E-state index contributed by atoms with van der Waals surface area (Å²) in [5.74, 6) is 0.176. The number of fused-ring (bicyclic) bond motifs is 1. The third-order valence-corrected chi connectivity index (χ3v) is 3.38. The minimum absolute atomic E-state index is 0.176. The largest absolute Gasteiger partial charge is 0.294 e. The van der Waals surface area contributed by atoms with Crippen LogP contribution in [0.2, 0.25) is 0 Å². The fourth-order valence-corrected chi connectivity index (χ4v) is 2.23. The normalized spacial score (nSPS) is 10.4. The van der Waals surface area contributed by atoms with Crippen LogP contribution in [0.4, 0.5) is 0 Å². The molecule has 0 radical (unpaired) electrons. The molecule has 0 saturated carbocycles. The second-order valence-corrected chi connectivity index (χ2v) is 4.64. The Labute approximate surface area is 114 Å². The van der Waals surface area contributed by atoms with Crippen LogP contribution in [-0.4, -0.2) is 10.8 Å². The van der Waals surface area contributed by atoms with E-state index >= 15 is 0 Å². The molecule has 0 fully saturated rings. The van der Waals surface area contributed by atoms with E-state index in [0.717, 1.165) is 29.3 Å². The molecular formula is C17H19NO. The molecule has 19 heavy (non-hydrogen) atoms. The first-order chi connectivity index (χ1) is 9.24. The molecular weight excluding hydrogens is 234 g/mol. The molecule has 0 unspecified atom stereocenters. The van der Waals surface area contributed by atoms with Gasteiger partial charge in [-0.25, -0.2) is 0 Å². The van der Waals surface area contributed by atoms with Crippen molar-refractivity contribution in [3.63, 3.8) is 0 Å². The summed E-state index contributed by atoms with van der Waals surface area (Å²) in [4.78, 5) is 16.4. The number of pyridine rings is 1. The number of nitrogens with zero attached hydrogens (tertiary/aromatic N) is 1. The van der Waals surface area contributed by atoms with Crippen molar-refractivity contribution in [3.8, 4) is 0 Å². The summed E-state index contributed by atoms with van der Waals surface area (Å²) >= 11 is 0. The van der Waals surface area contributed by atoms with Gasteiger partial charge in [-0.1, -0.05) is 37.6 Å². The molecule has 0 aliphatic rings. The van der Waals surface area contributed by atoms with E-state index in [1.165, 1.54) is 5.57 Å². The van der Waals surface area contributed by atoms with E-state index in [9.17, 15) is 4.79 Å². The van der Waals surface area contributed by atoms with Gasteiger partial charge in [0.15, 0.2) is 5.78 Å². The Morgan fingerprint density at radius 3 is 2.63 bits per heavy atom. The summed E-state index contributed by atoms with van der Waals surface area (Å²) in [6.45, 7) is 4.18. The third kappa shape index (κ3) is 3.28. The SMILES string of the molecule is CCC(=CC(=O)Cc1ccnc2ccccc12)CC. The van der Waals surface area contributed by atoms with E-state index in [0.29, 0.717) is 6.42 Å². The molecule has 0 atom stereocenters. The summed E-state index contributed by atoms with van der Waals surface area (Å²) in [6.07, 6.45) is 5.91. The number of hydrogen-bond acceptors (Lipinski definition) is 2. The third-order valence-electron chi connectivity index (χ3n) is 3.38. The van der Waals surface area contributed by atoms with Crippen LogP contribution < -0.4 is 0 Å². The van der Waals surface area contributed by atoms with E-state index in [-0.39, 0.29) is 5.78 Å². The lowest BCUT2D eigenvalue weighted by Crippen LogP contribution is -2.01. The molecule has 98 valence electrons. The predicted molar refractivity (Wildman–Crippen MR) is 79.1 cm³/mol. The number of allylic oxidation sites excluding steroid dienone is 2. The van der Waals surface area contributed by atoms with Gasteiger partial charge in [-0.2, -0.15) is 0 Å². The van der Waals surface area contributed by atoms with Crippen molar-refractivity contribution in [1.29, 1.82) is 0 Å². The molecule has 1 aromatic heterocycles. The van der Waals surface area contributed by atoms with Crippen molar-refractivity contribution in [3.05, 3.63) is 53.7 Å². The first kappa shape index (κ1) is 13.5. The summed E-state index contributed by atoms with van der Waals surface area (Å²) in [5, 5.41) is 1.07. The maximum Gasteiger partial charge on any atom is 0.160 e. The molecule has 2 nitrogen and oxygen atoms in total. The Hall–Kier alpha value is -1.96. The number of carbonyl (C=O) groups excluding carboxylic acids is 1. The highest BCUT2D eigenvalue weighted by Gasteiger charge is 2.06. The van der Waals surface area contributed by atoms with Crippen LogP contribution >= 0.6 is 0 Å². The monoisotopic (exact) mass is 253 g/mol. The molecule has 0 bridgehead atoms. The Bertz CT molecular complexity index is 602. The van der Waals surface area contributed by atoms with Gasteiger partial charge in [0.25, 0.3) is 0 Å². The first-order valence-electron chi connectivity index (χ1n) is 6.79. The van der Waals surface area contributed by atoms with E-state index < -0.39 is 0 Å². The van der Waals surface area contributed by atoms with Gasteiger partial charge in [-0.15, -0.1) is 0 Å². The molecule has 0 amide bonds. The van der Waals surface area contributed by atoms with Crippen LogP contribution in [0, 0.1) is 0 Å². The molecule has 1 heterocycles. The quantitative estimate of drug-likeness (QED) is 0.751. The summed E-state index contributed by atoms with van der Waals surface area (Å²) in [5.41, 5.74) is 3.21. The van der Waals surface area contributed by atoms with Gasteiger partial charge in [0, 0.05) is 18.0 Å². The molecule has 0 aliphatic carbocycles. The van der Waals surface area contributed by atoms with Gasteiger partial charge >= 0.3 is 0 Å². The minimum Gasteiger partial charge on any atom is -0.294 e. The van der Waals surface area contributed by atoms with Gasteiger partial charge in [0.1, 0.15) is 0 Å². The van der Waals surface area contributed by atoms with Gasteiger partial charge < -0.3 is 0 Å². The molecule has 2 heteroatoms. The number of ketones is 1. The van der Waals surface area contributed by atoms with Crippen LogP contribution in [0.25, 0.3) is 10.9 Å². The first-order valence-corrected chi connectivity index (χ1v) is 6.79. The molecule has 0 N–H and O–H groups in total. The van der Waals surface area contributed by atoms with Crippen molar-refractivity contribution >= 4 is 16.7 Å². The molecule has 0 spiro atoms. The average Bonchev–Trinajstić information content (AvgIpc) is 2.45. The van der Waals surface area contributed by atoms with Crippen molar-refractivity contribution in [2.24, 2.45) is 0 Å². The van der Waals surface area contributed by atoms with Crippen molar-refractivity contribution in [2.75, 3.05) is 0 Å². The topological polar surface area (TPSA) is 30.0 Å². The highest BCUT2D eigenvalue weighted by atomic mass is 16.1. The highest BCUT2D eigenvalue weighted by molar-refractivity contribution is 5.95. The van der Waals surface area contributed by atoms with Crippen molar-refractivity contribution in [1.82, 2.24) is 4.98 Å². The Morgan fingerprint density at radius 2 is 1.89 bits per heavy atom. The van der Waals surface area contributed by atoms with E-state index in [1.54, 1.807) is 12.3 Å². The molecule has 2 rings (SSSR count). The zero-order valence-corrected chi connectivity index (χ0v) is 11.5. The number of carbonyl (C=O) groups is 1. The fraction of sp³-hybridized carbons (Fsp3) is 0.294. The summed E-state index contributed by atoms with van der Waals surface area (Å²) < 4.78 is 0. The fourth-order valence-electron chi connectivity index (χ4n) is 2.23. The van der Waals surface area contributed by atoms with Gasteiger partial charge in [0.05, 0.1) is 5.52 Å². The molecule has 0 aliphatic heterocycles. The van der Waals surface area contributed by atoms with E-state index in [2.05, 4.69) is 18.8 Å². The maximum atomic E-state index is 12.1. The van der Waals surface area contributed by atoms with Crippen LogP contribution in [0.3, 0.4) is 0 Å². The summed E-state index contributed by atoms with van der Waals surface area (Å²) in [7, 11) is 0. The zero-order valence-electron chi connectivity index (χ0n) is 11.5. The standard InChI is InChI=1S/C17H19NO/c1-3-13(4-2)11-15(19)12-14-9-10-18-17-8-6-5-7-16(14)17/h5-11H,3-4,12H2,1-2H3. The van der Waals surface area contributed by atoms with Gasteiger partial charge in [-0.3, -0.25) is 9.78 Å². The number of aromatic nitrogens is 1. The smallest absolute Gasteiger partial charge is 0.160 e. The van der Waals surface area contributed by atoms with E-state index in [1.807, 2.05) is 30.3 Å². The van der Waals surface area contributed by atoms with Crippen molar-refractivity contribution in [2.45, 2.75) is 33.1 Å². The Balaban J connectivity index is 2.27.